The van der Waals surface area contributed by atoms with E-state index in [1.54, 1.807) is 6.33 Å². The Morgan fingerprint density at radius 3 is 2.79 bits per heavy atom. The fraction of sp³-hybridized carbons (Fsp3) is 0.111. The molecular weight excluding hydrogens is 196 g/mol. The summed E-state index contributed by atoms with van der Waals surface area (Å²) < 4.78 is 1.86. The zero-order valence-electron chi connectivity index (χ0n) is 7.71. The van der Waals surface area contributed by atoms with E-state index in [0.29, 0.717) is 0 Å². The van der Waals surface area contributed by atoms with Gasteiger partial charge < -0.3 is 10.3 Å². The van der Waals surface area contributed by atoms with Crippen molar-refractivity contribution in [1.29, 1.82) is 0 Å². The molecule has 2 N–H and O–H groups in total. The Labute approximate surface area is 86.1 Å². The number of nitrogens with zero attached hydrogens (tertiary/aromatic N) is 3. The van der Waals surface area contributed by atoms with E-state index in [1.165, 1.54) is 11.8 Å². The maximum absolute atomic E-state index is 5.81. The first-order valence-corrected chi connectivity index (χ1v) is 4.95. The van der Waals surface area contributed by atoms with Crippen LogP contribution in [0.1, 0.15) is 0 Å². The summed E-state index contributed by atoms with van der Waals surface area (Å²) in [6, 6.07) is 7.71. The summed E-state index contributed by atoms with van der Waals surface area (Å²) in [5, 5.41) is 8.61. The lowest BCUT2D eigenvalue weighted by molar-refractivity contribution is 0.789. The molecule has 2 aromatic rings. The average Bonchev–Trinajstić information content (AvgIpc) is 2.56. The van der Waals surface area contributed by atoms with Gasteiger partial charge in [-0.15, -0.1) is 10.2 Å². The number of anilines is 1. The SMILES string of the molecule is Cn1cnnc1Sc1ccccc1N. The Morgan fingerprint density at radius 1 is 1.36 bits per heavy atom. The van der Waals surface area contributed by atoms with E-state index in [2.05, 4.69) is 10.2 Å². The van der Waals surface area contributed by atoms with E-state index >= 15 is 0 Å². The molecule has 2 rings (SSSR count). The number of para-hydroxylation sites is 1. The molecule has 0 unspecified atom stereocenters. The number of aromatic nitrogens is 3. The van der Waals surface area contributed by atoms with Gasteiger partial charge >= 0.3 is 0 Å². The molecule has 1 heterocycles. The van der Waals surface area contributed by atoms with E-state index in [-0.39, 0.29) is 0 Å². The van der Waals surface area contributed by atoms with Gasteiger partial charge in [-0.05, 0) is 23.9 Å². The number of hydrogen-bond donors (Lipinski definition) is 1. The van der Waals surface area contributed by atoms with Crippen LogP contribution in [-0.2, 0) is 7.05 Å². The van der Waals surface area contributed by atoms with E-state index in [1.807, 2.05) is 35.9 Å². The first-order chi connectivity index (χ1) is 6.77. The van der Waals surface area contributed by atoms with Crippen LogP contribution in [0, 0.1) is 0 Å². The van der Waals surface area contributed by atoms with Gasteiger partial charge in [0.05, 0.1) is 0 Å². The third-order valence-corrected chi connectivity index (χ3v) is 2.93. The van der Waals surface area contributed by atoms with Crippen molar-refractivity contribution in [1.82, 2.24) is 14.8 Å². The molecule has 0 amide bonds. The fourth-order valence-electron chi connectivity index (χ4n) is 1.04. The zero-order chi connectivity index (χ0) is 9.97. The molecule has 72 valence electrons. The number of nitrogens with two attached hydrogens (primary N) is 1. The molecule has 0 radical (unpaired) electrons. The van der Waals surface area contributed by atoms with Gasteiger partial charge in [0, 0.05) is 17.6 Å². The Bertz CT molecular complexity index is 438. The molecule has 1 aromatic heterocycles. The van der Waals surface area contributed by atoms with E-state index < -0.39 is 0 Å². The lowest BCUT2D eigenvalue weighted by Crippen LogP contribution is -1.91. The van der Waals surface area contributed by atoms with Gasteiger partial charge in [-0.25, -0.2) is 0 Å². The standard InChI is InChI=1S/C9H10N4S/c1-13-6-11-12-9(13)14-8-5-3-2-4-7(8)10/h2-6H,10H2,1H3. The Hall–Kier alpha value is -1.49. The second-order valence-corrected chi connectivity index (χ2v) is 3.87. The summed E-state index contributed by atoms with van der Waals surface area (Å²) in [4.78, 5) is 1.00. The van der Waals surface area contributed by atoms with Crippen LogP contribution in [0.3, 0.4) is 0 Å². The third-order valence-electron chi connectivity index (χ3n) is 1.79. The Morgan fingerprint density at radius 2 is 2.14 bits per heavy atom. The van der Waals surface area contributed by atoms with Gasteiger partial charge in [0.15, 0.2) is 5.16 Å². The normalized spacial score (nSPS) is 10.4. The van der Waals surface area contributed by atoms with Crippen molar-refractivity contribution < 1.29 is 0 Å². The molecule has 5 heteroatoms. The minimum atomic E-state index is 0.764. The monoisotopic (exact) mass is 206 g/mol. The molecule has 0 spiro atoms. The van der Waals surface area contributed by atoms with Crippen molar-refractivity contribution in [3.05, 3.63) is 30.6 Å². The maximum atomic E-state index is 5.81. The summed E-state index contributed by atoms with van der Waals surface area (Å²) in [5.74, 6) is 0. The Kier molecular flexibility index (Phi) is 2.41. The van der Waals surface area contributed by atoms with Crippen molar-refractivity contribution in [3.8, 4) is 0 Å². The van der Waals surface area contributed by atoms with Crippen LogP contribution < -0.4 is 5.73 Å². The number of rotatable bonds is 2. The fourth-order valence-corrected chi connectivity index (χ4v) is 1.85. The van der Waals surface area contributed by atoms with Gasteiger partial charge in [0.2, 0.25) is 0 Å². The summed E-state index contributed by atoms with van der Waals surface area (Å²) in [5.41, 5.74) is 6.57. The second-order valence-electron chi connectivity index (χ2n) is 2.86. The summed E-state index contributed by atoms with van der Waals surface area (Å²) in [6.45, 7) is 0. The van der Waals surface area contributed by atoms with Gasteiger partial charge in [0.25, 0.3) is 0 Å². The quantitative estimate of drug-likeness (QED) is 0.757. The highest BCUT2D eigenvalue weighted by molar-refractivity contribution is 7.99. The van der Waals surface area contributed by atoms with Crippen LogP contribution in [0.25, 0.3) is 0 Å². The minimum absolute atomic E-state index is 0.764. The molecule has 0 atom stereocenters. The molecule has 0 aliphatic carbocycles. The number of hydrogen-bond acceptors (Lipinski definition) is 4. The highest BCUT2D eigenvalue weighted by Crippen LogP contribution is 2.29. The molecule has 0 saturated carbocycles. The predicted octanol–water partition coefficient (Wildman–Crippen LogP) is 1.55. The molecule has 4 nitrogen and oxygen atoms in total. The number of benzene rings is 1. The highest BCUT2D eigenvalue weighted by atomic mass is 32.2. The van der Waals surface area contributed by atoms with Crippen LogP contribution in [0.2, 0.25) is 0 Å². The van der Waals surface area contributed by atoms with Gasteiger partial charge in [-0.1, -0.05) is 12.1 Å². The van der Waals surface area contributed by atoms with Crippen molar-refractivity contribution in [2.24, 2.45) is 7.05 Å². The molecular formula is C9H10N4S. The molecule has 0 aliphatic heterocycles. The molecule has 0 bridgehead atoms. The molecule has 14 heavy (non-hydrogen) atoms. The Balaban J connectivity index is 2.28. The topological polar surface area (TPSA) is 56.7 Å². The van der Waals surface area contributed by atoms with Gasteiger partial charge in [-0.3, -0.25) is 0 Å². The average molecular weight is 206 g/mol. The zero-order valence-corrected chi connectivity index (χ0v) is 8.53. The van der Waals surface area contributed by atoms with E-state index in [0.717, 1.165) is 15.7 Å². The van der Waals surface area contributed by atoms with Crippen molar-refractivity contribution in [2.45, 2.75) is 10.1 Å². The van der Waals surface area contributed by atoms with Crippen molar-refractivity contribution in [2.75, 3.05) is 5.73 Å². The first-order valence-electron chi connectivity index (χ1n) is 4.14. The minimum Gasteiger partial charge on any atom is -0.398 e. The van der Waals surface area contributed by atoms with Crippen LogP contribution in [0.15, 0.2) is 40.6 Å². The lowest BCUT2D eigenvalue weighted by atomic mass is 10.3. The third kappa shape index (κ3) is 1.72. The number of nitrogen functional groups attached to an aromatic ring is 1. The smallest absolute Gasteiger partial charge is 0.195 e. The first kappa shape index (κ1) is 9.08. The molecule has 0 aliphatic rings. The van der Waals surface area contributed by atoms with Crippen molar-refractivity contribution >= 4 is 17.4 Å². The summed E-state index contributed by atoms with van der Waals surface area (Å²) in [7, 11) is 1.90. The molecule has 0 fully saturated rings. The van der Waals surface area contributed by atoms with Crippen LogP contribution in [-0.4, -0.2) is 14.8 Å². The van der Waals surface area contributed by atoms with Crippen molar-refractivity contribution in [3.63, 3.8) is 0 Å². The van der Waals surface area contributed by atoms with Crippen LogP contribution >= 0.6 is 11.8 Å². The maximum Gasteiger partial charge on any atom is 0.195 e. The molecule has 1 aromatic carbocycles. The van der Waals surface area contributed by atoms with Gasteiger partial charge in [0.1, 0.15) is 6.33 Å². The second kappa shape index (κ2) is 3.71. The van der Waals surface area contributed by atoms with E-state index in [9.17, 15) is 0 Å². The summed E-state index contributed by atoms with van der Waals surface area (Å²) in [6.07, 6.45) is 1.67. The highest BCUT2D eigenvalue weighted by Gasteiger charge is 2.05. The van der Waals surface area contributed by atoms with Gasteiger partial charge in [-0.2, -0.15) is 0 Å². The van der Waals surface area contributed by atoms with E-state index in [4.69, 9.17) is 5.73 Å². The van der Waals surface area contributed by atoms with Crippen LogP contribution in [0.4, 0.5) is 5.69 Å². The molecule has 0 saturated heterocycles. The summed E-state index contributed by atoms with van der Waals surface area (Å²) >= 11 is 1.51. The largest absolute Gasteiger partial charge is 0.398 e. The predicted molar refractivity (Wildman–Crippen MR) is 56.0 cm³/mol. The van der Waals surface area contributed by atoms with Crippen LogP contribution in [0.5, 0.6) is 0 Å². The number of aryl methyl sites for hydroxylation is 1. The lowest BCUT2D eigenvalue weighted by Gasteiger charge is -2.02.